The summed E-state index contributed by atoms with van der Waals surface area (Å²) >= 11 is 1.77. The van der Waals surface area contributed by atoms with Crippen LogP contribution in [0.3, 0.4) is 0 Å². The Bertz CT molecular complexity index is 510. The minimum atomic E-state index is 0.687. The van der Waals surface area contributed by atoms with Crippen LogP contribution in [0.4, 0.5) is 0 Å². The van der Waals surface area contributed by atoms with Crippen LogP contribution in [0.15, 0.2) is 23.4 Å². The van der Waals surface area contributed by atoms with E-state index >= 15 is 0 Å². The van der Waals surface area contributed by atoms with E-state index in [2.05, 4.69) is 24.1 Å². The van der Waals surface area contributed by atoms with Crippen LogP contribution in [0, 0.1) is 0 Å². The van der Waals surface area contributed by atoms with Crippen molar-refractivity contribution in [1.82, 2.24) is 9.97 Å². The summed E-state index contributed by atoms with van der Waals surface area (Å²) in [6.07, 6.45) is 0. The normalized spacial score (nSPS) is 11.3. The van der Waals surface area contributed by atoms with Gasteiger partial charge in [0.25, 0.3) is 0 Å². The van der Waals surface area contributed by atoms with Crippen molar-refractivity contribution in [2.45, 2.75) is 12.1 Å². The number of aromatic amines is 1. The average Bonchev–Trinajstić information content (AvgIpc) is 2.71. The van der Waals surface area contributed by atoms with E-state index in [1.807, 2.05) is 25.1 Å². The lowest BCUT2D eigenvalue weighted by Crippen LogP contribution is -3.06. The van der Waals surface area contributed by atoms with Crippen molar-refractivity contribution in [3.63, 3.8) is 0 Å². The van der Waals surface area contributed by atoms with Crippen LogP contribution in [0.25, 0.3) is 11.0 Å². The number of H-pyrrole nitrogens is 1. The number of rotatable bonds is 6. The molecule has 2 aromatic rings. The Labute approximate surface area is 112 Å². The summed E-state index contributed by atoms with van der Waals surface area (Å²) in [5.41, 5.74) is 2.04. The number of benzene rings is 1. The van der Waals surface area contributed by atoms with Crippen molar-refractivity contribution >= 4 is 22.8 Å². The van der Waals surface area contributed by atoms with Gasteiger partial charge in [-0.1, -0.05) is 11.8 Å². The standard InChI is InChI=1S/C13H19N3OS/c1-4-17-10-5-6-11-12(9-10)15-13(14-11)18-8-7-16(2)3/h5-6,9H,4,7-8H2,1-3H3,(H,14,15)/p+1. The molecule has 0 saturated carbocycles. The summed E-state index contributed by atoms with van der Waals surface area (Å²) < 4.78 is 5.48. The number of imidazole rings is 1. The maximum atomic E-state index is 5.48. The number of fused-ring (bicyclic) bond motifs is 1. The van der Waals surface area contributed by atoms with Gasteiger partial charge in [-0.25, -0.2) is 4.98 Å². The molecule has 5 heteroatoms. The molecule has 0 spiro atoms. The number of hydrogen-bond acceptors (Lipinski definition) is 3. The van der Waals surface area contributed by atoms with Crippen molar-refractivity contribution in [3.8, 4) is 5.75 Å². The highest BCUT2D eigenvalue weighted by Gasteiger charge is 2.05. The van der Waals surface area contributed by atoms with Crippen molar-refractivity contribution in [1.29, 1.82) is 0 Å². The first kappa shape index (κ1) is 13.2. The van der Waals surface area contributed by atoms with Gasteiger partial charge in [-0.05, 0) is 19.1 Å². The molecule has 4 nitrogen and oxygen atoms in total. The maximum Gasteiger partial charge on any atom is 0.166 e. The van der Waals surface area contributed by atoms with Crippen LogP contribution < -0.4 is 9.64 Å². The molecule has 0 saturated heterocycles. The average molecular weight is 266 g/mol. The Balaban J connectivity index is 2.07. The first-order valence-electron chi connectivity index (χ1n) is 6.23. The number of quaternary nitrogens is 1. The number of thioether (sulfide) groups is 1. The van der Waals surface area contributed by atoms with Gasteiger partial charge in [0.15, 0.2) is 5.16 Å². The summed E-state index contributed by atoms with van der Waals surface area (Å²) in [7, 11) is 4.32. The molecule has 0 aliphatic heterocycles. The Morgan fingerprint density at radius 2 is 2.22 bits per heavy atom. The minimum absolute atomic E-state index is 0.687. The summed E-state index contributed by atoms with van der Waals surface area (Å²) in [6.45, 7) is 3.81. The molecular formula is C13H20N3OS+. The first-order valence-corrected chi connectivity index (χ1v) is 7.22. The van der Waals surface area contributed by atoms with Gasteiger partial charge in [0.05, 0.1) is 44.0 Å². The molecule has 0 aliphatic carbocycles. The second kappa shape index (κ2) is 6.11. The largest absolute Gasteiger partial charge is 0.494 e. The third kappa shape index (κ3) is 3.40. The fraction of sp³-hybridized carbons (Fsp3) is 0.462. The molecule has 1 aromatic heterocycles. The van der Waals surface area contributed by atoms with Crippen LogP contribution in [0.2, 0.25) is 0 Å². The number of nitrogens with one attached hydrogen (secondary N) is 2. The maximum absolute atomic E-state index is 5.48. The summed E-state index contributed by atoms with van der Waals surface area (Å²) in [5, 5.41) is 0.986. The van der Waals surface area contributed by atoms with Crippen molar-refractivity contribution in [2.24, 2.45) is 0 Å². The predicted octanol–water partition coefficient (Wildman–Crippen LogP) is 1.20. The van der Waals surface area contributed by atoms with Gasteiger partial charge in [0, 0.05) is 6.07 Å². The summed E-state index contributed by atoms with van der Waals surface area (Å²) in [6, 6.07) is 5.97. The van der Waals surface area contributed by atoms with Gasteiger partial charge in [0.2, 0.25) is 0 Å². The molecule has 0 amide bonds. The van der Waals surface area contributed by atoms with Crippen LogP contribution in [-0.2, 0) is 0 Å². The van der Waals surface area contributed by atoms with E-state index < -0.39 is 0 Å². The van der Waals surface area contributed by atoms with E-state index in [1.165, 1.54) is 4.90 Å². The molecular weight excluding hydrogens is 246 g/mol. The molecule has 0 unspecified atom stereocenters. The van der Waals surface area contributed by atoms with E-state index in [4.69, 9.17) is 4.74 Å². The Morgan fingerprint density at radius 1 is 1.39 bits per heavy atom. The van der Waals surface area contributed by atoms with Gasteiger partial charge in [0.1, 0.15) is 5.75 Å². The monoisotopic (exact) mass is 266 g/mol. The van der Waals surface area contributed by atoms with Gasteiger partial charge in [-0.2, -0.15) is 0 Å². The highest BCUT2D eigenvalue weighted by atomic mass is 32.2. The van der Waals surface area contributed by atoms with E-state index in [9.17, 15) is 0 Å². The molecule has 2 rings (SSSR count). The first-order chi connectivity index (χ1) is 8.69. The van der Waals surface area contributed by atoms with Gasteiger partial charge >= 0.3 is 0 Å². The van der Waals surface area contributed by atoms with Crippen molar-refractivity contribution in [3.05, 3.63) is 18.2 Å². The SMILES string of the molecule is CCOc1ccc2nc(SCC[NH+](C)C)[nH]c2c1. The Kier molecular flexibility index (Phi) is 4.49. The Hall–Kier alpha value is -1.20. The van der Waals surface area contributed by atoms with Gasteiger partial charge in [-0.15, -0.1) is 0 Å². The van der Waals surface area contributed by atoms with Crippen LogP contribution in [0.1, 0.15) is 6.92 Å². The molecule has 0 aliphatic rings. The van der Waals surface area contributed by atoms with Crippen molar-refractivity contribution in [2.75, 3.05) is 33.0 Å². The van der Waals surface area contributed by atoms with E-state index in [0.717, 1.165) is 34.2 Å². The molecule has 0 radical (unpaired) electrons. The quantitative estimate of drug-likeness (QED) is 0.772. The fourth-order valence-corrected chi connectivity index (χ4v) is 2.69. The zero-order chi connectivity index (χ0) is 13.0. The molecule has 0 fully saturated rings. The molecule has 1 heterocycles. The second-order valence-corrected chi connectivity index (χ2v) is 5.54. The summed E-state index contributed by atoms with van der Waals surface area (Å²) in [5.74, 6) is 1.96. The molecule has 2 N–H and O–H groups in total. The zero-order valence-corrected chi connectivity index (χ0v) is 11.9. The van der Waals surface area contributed by atoms with Crippen LogP contribution in [0.5, 0.6) is 5.75 Å². The lowest BCUT2D eigenvalue weighted by atomic mass is 10.3. The number of nitrogens with zero attached hydrogens (tertiary/aromatic N) is 1. The minimum Gasteiger partial charge on any atom is -0.494 e. The molecule has 0 atom stereocenters. The molecule has 0 bridgehead atoms. The lowest BCUT2D eigenvalue weighted by Gasteiger charge is -2.04. The molecule has 98 valence electrons. The number of aromatic nitrogens is 2. The van der Waals surface area contributed by atoms with Crippen LogP contribution >= 0.6 is 11.8 Å². The fourth-order valence-electron chi connectivity index (χ4n) is 1.64. The topological polar surface area (TPSA) is 42.4 Å². The highest BCUT2D eigenvalue weighted by molar-refractivity contribution is 7.99. The van der Waals surface area contributed by atoms with Gasteiger partial charge in [-0.3, -0.25) is 0 Å². The number of ether oxygens (including phenoxy) is 1. The Morgan fingerprint density at radius 3 is 2.94 bits per heavy atom. The smallest absolute Gasteiger partial charge is 0.166 e. The second-order valence-electron chi connectivity index (χ2n) is 4.46. The van der Waals surface area contributed by atoms with Gasteiger partial charge < -0.3 is 14.6 Å². The third-order valence-electron chi connectivity index (χ3n) is 2.58. The lowest BCUT2D eigenvalue weighted by molar-refractivity contribution is -0.855. The van der Waals surface area contributed by atoms with Crippen LogP contribution in [-0.4, -0.2) is 43.0 Å². The van der Waals surface area contributed by atoms with E-state index in [-0.39, 0.29) is 0 Å². The van der Waals surface area contributed by atoms with E-state index in [1.54, 1.807) is 11.8 Å². The zero-order valence-electron chi connectivity index (χ0n) is 11.1. The predicted molar refractivity (Wildman–Crippen MR) is 75.7 cm³/mol. The number of hydrogen-bond donors (Lipinski definition) is 2. The third-order valence-corrected chi connectivity index (χ3v) is 3.46. The van der Waals surface area contributed by atoms with Crippen molar-refractivity contribution < 1.29 is 9.64 Å². The molecule has 18 heavy (non-hydrogen) atoms. The molecule has 1 aromatic carbocycles. The highest BCUT2D eigenvalue weighted by Crippen LogP contribution is 2.22. The summed E-state index contributed by atoms with van der Waals surface area (Å²) in [4.78, 5) is 9.34. The van der Waals surface area contributed by atoms with E-state index in [0.29, 0.717) is 6.61 Å².